The number of nitrogens with zero attached hydrogens (tertiary/aromatic N) is 2. The molecule has 3 nitrogen and oxygen atoms in total. The molecule has 0 saturated carbocycles. The van der Waals surface area contributed by atoms with Gasteiger partial charge in [0.2, 0.25) is 0 Å². The highest BCUT2D eigenvalue weighted by molar-refractivity contribution is 7.09. The average molecular weight is 271 g/mol. The predicted molar refractivity (Wildman–Crippen MR) is 80.6 cm³/mol. The molecular formula is C15H17N3S. The maximum atomic E-state index is 5.71. The number of rotatable bonds is 4. The molecule has 0 amide bonds. The van der Waals surface area contributed by atoms with Gasteiger partial charge in [0.05, 0.1) is 22.8 Å². The van der Waals surface area contributed by atoms with Gasteiger partial charge in [-0.05, 0) is 36.9 Å². The van der Waals surface area contributed by atoms with E-state index in [0.717, 1.165) is 23.7 Å². The lowest BCUT2D eigenvalue weighted by Crippen LogP contribution is -2.06. The zero-order valence-corrected chi connectivity index (χ0v) is 11.8. The number of hydrogen-bond acceptors (Lipinski definition) is 3. The Morgan fingerprint density at radius 3 is 2.95 bits per heavy atom. The van der Waals surface area contributed by atoms with Crippen molar-refractivity contribution < 1.29 is 0 Å². The second-order valence-electron chi connectivity index (χ2n) is 4.70. The third-order valence-electron chi connectivity index (χ3n) is 3.28. The van der Waals surface area contributed by atoms with Crippen molar-refractivity contribution in [3.8, 4) is 0 Å². The van der Waals surface area contributed by atoms with Crippen molar-refractivity contribution in [1.29, 1.82) is 0 Å². The molecule has 0 radical (unpaired) electrons. The third-order valence-corrected chi connectivity index (χ3v) is 4.11. The average Bonchev–Trinajstić information content (AvgIpc) is 2.98. The number of aromatic nitrogens is 2. The molecule has 4 heteroatoms. The second-order valence-corrected chi connectivity index (χ2v) is 5.76. The first-order chi connectivity index (χ1) is 9.28. The molecule has 1 aromatic carbocycles. The van der Waals surface area contributed by atoms with Gasteiger partial charge in [-0.1, -0.05) is 18.2 Å². The van der Waals surface area contributed by atoms with E-state index in [0.29, 0.717) is 6.54 Å². The van der Waals surface area contributed by atoms with Crippen molar-refractivity contribution in [1.82, 2.24) is 9.55 Å². The largest absolute Gasteiger partial charge is 0.341 e. The highest BCUT2D eigenvalue weighted by Gasteiger charge is 2.07. The summed E-state index contributed by atoms with van der Waals surface area (Å²) in [4.78, 5) is 4.54. The molecule has 0 atom stereocenters. The number of para-hydroxylation sites is 1. The Bertz CT molecular complexity index is 696. The molecule has 0 aliphatic heterocycles. The first-order valence-corrected chi connectivity index (χ1v) is 7.33. The molecule has 0 saturated heterocycles. The zero-order chi connectivity index (χ0) is 13.2. The van der Waals surface area contributed by atoms with Crippen LogP contribution in [-0.2, 0) is 13.0 Å². The van der Waals surface area contributed by atoms with Crippen LogP contribution in [0.4, 0.5) is 0 Å². The van der Waals surface area contributed by atoms with Crippen LogP contribution in [0, 0.1) is 6.92 Å². The molecule has 19 heavy (non-hydrogen) atoms. The summed E-state index contributed by atoms with van der Waals surface area (Å²) in [5.74, 6) is 0. The van der Waals surface area contributed by atoms with Crippen LogP contribution in [0.15, 0.2) is 35.8 Å². The van der Waals surface area contributed by atoms with Crippen molar-refractivity contribution in [3.05, 3.63) is 52.1 Å². The number of benzene rings is 1. The maximum absolute atomic E-state index is 5.71. The Morgan fingerprint density at radius 2 is 2.21 bits per heavy atom. The molecular weight excluding hydrogens is 254 g/mol. The van der Waals surface area contributed by atoms with Crippen LogP contribution in [0.1, 0.15) is 16.3 Å². The smallest absolute Gasteiger partial charge is 0.0898 e. The topological polar surface area (TPSA) is 43.8 Å². The standard InChI is InChI=1S/C15H17N3S/c1-11-17-14(10-19-11)9-18-8-6-13-4-2-3-12(5-7-16)15(13)18/h2-4,6,8,10H,5,7,9,16H2,1H3. The first kappa shape index (κ1) is 12.4. The summed E-state index contributed by atoms with van der Waals surface area (Å²) in [6.07, 6.45) is 3.05. The van der Waals surface area contributed by atoms with Gasteiger partial charge in [-0.25, -0.2) is 4.98 Å². The Kier molecular flexibility index (Phi) is 3.36. The van der Waals surface area contributed by atoms with E-state index in [1.165, 1.54) is 16.5 Å². The Labute approximate surface area is 116 Å². The van der Waals surface area contributed by atoms with Gasteiger partial charge in [-0.3, -0.25) is 0 Å². The summed E-state index contributed by atoms with van der Waals surface area (Å²) in [5, 5.41) is 4.53. The van der Waals surface area contributed by atoms with Gasteiger partial charge in [-0.15, -0.1) is 11.3 Å². The van der Waals surface area contributed by atoms with Crippen molar-refractivity contribution in [3.63, 3.8) is 0 Å². The van der Waals surface area contributed by atoms with E-state index < -0.39 is 0 Å². The van der Waals surface area contributed by atoms with Crippen LogP contribution < -0.4 is 5.73 Å². The third kappa shape index (κ3) is 2.41. The van der Waals surface area contributed by atoms with Crippen LogP contribution >= 0.6 is 11.3 Å². The maximum Gasteiger partial charge on any atom is 0.0898 e. The lowest BCUT2D eigenvalue weighted by molar-refractivity contribution is 0.805. The van der Waals surface area contributed by atoms with E-state index in [1.54, 1.807) is 11.3 Å². The van der Waals surface area contributed by atoms with E-state index in [2.05, 4.69) is 45.4 Å². The van der Waals surface area contributed by atoms with Gasteiger partial charge in [-0.2, -0.15) is 0 Å². The lowest BCUT2D eigenvalue weighted by Gasteiger charge is -2.08. The van der Waals surface area contributed by atoms with Crippen molar-refractivity contribution >= 4 is 22.2 Å². The second kappa shape index (κ2) is 5.15. The molecule has 2 N–H and O–H groups in total. The van der Waals surface area contributed by atoms with Crippen LogP contribution in [-0.4, -0.2) is 16.1 Å². The van der Waals surface area contributed by atoms with Crippen LogP contribution in [0.2, 0.25) is 0 Å². The minimum atomic E-state index is 0.681. The fourth-order valence-corrected chi connectivity index (χ4v) is 3.09. The Hall–Kier alpha value is -1.65. The van der Waals surface area contributed by atoms with E-state index in [4.69, 9.17) is 5.73 Å². The first-order valence-electron chi connectivity index (χ1n) is 6.46. The summed E-state index contributed by atoms with van der Waals surface area (Å²) in [6.45, 7) is 3.55. The summed E-state index contributed by atoms with van der Waals surface area (Å²) in [7, 11) is 0. The normalized spacial score (nSPS) is 11.3. The van der Waals surface area contributed by atoms with Crippen LogP contribution in [0.5, 0.6) is 0 Å². The lowest BCUT2D eigenvalue weighted by atomic mass is 10.1. The summed E-state index contributed by atoms with van der Waals surface area (Å²) >= 11 is 1.70. The van der Waals surface area contributed by atoms with E-state index in [-0.39, 0.29) is 0 Å². The molecule has 3 aromatic rings. The van der Waals surface area contributed by atoms with Crippen LogP contribution in [0.25, 0.3) is 10.9 Å². The molecule has 0 aliphatic carbocycles. The molecule has 0 fully saturated rings. The number of hydrogen-bond donors (Lipinski definition) is 1. The van der Waals surface area contributed by atoms with Gasteiger partial charge >= 0.3 is 0 Å². The van der Waals surface area contributed by atoms with Gasteiger partial charge in [0.25, 0.3) is 0 Å². The minimum absolute atomic E-state index is 0.681. The van der Waals surface area contributed by atoms with Gasteiger partial charge in [0.1, 0.15) is 0 Å². The molecule has 98 valence electrons. The molecule has 2 heterocycles. The molecule has 0 spiro atoms. The van der Waals surface area contributed by atoms with Crippen molar-refractivity contribution in [2.24, 2.45) is 5.73 Å². The number of fused-ring (bicyclic) bond motifs is 1. The van der Waals surface area contributed by atoms with Gasteiger partial charge in [0, 0.05) is 11.6 Å². The number of thiazole rings is 1. The molecule has 0 bridgehead atoms. The van der Waals surface area contributed by atoms with Crippen molar-refractivity contribution in [2.45, 2.75) is 19.9 Å². The SMILES string of the molecule is Cc1nc(Cn2ccc3cccc(CCN)c32)cs1. The van der Waals surface area contributed by atoms with E-state index in [9.17, 15) is 0 Å². The minimum Gasteiger partial charge on any atom is -0.341 e. The Morgan fingerprint density at radius 1 is 1.32 bits per heavy atom. The predicted octanol–water partition coefficient (Wildman–Crippen LogP) is 2.96. The summed E-state index contributed by atoms with van der Waals surface area (Å²) in [5.41, 5.74) is 9.44. The summed E-state index contributed by atoms with van der Waals surface area (Å²) < 4.78 is 2.27. The molecule has 3 rings (SSSR count). The fraction of sp³-hybridized carbons (Fsp3) is 0.267. The number of nitrogens with two attached hydrogens (primary N) is 1. The van der Waals surface area contributed by atoms with Gasteiger partial charge < -0.3 is 10.3 Å². The molecule has 0 aliphatic rings. The highest BCUT2D eigenvalue weighted by Crippen LogP contribution is 2.22. The van der Waals surface area contributed by atoms with Gasteiger partial charge in [0.15, 0.2) is 0 Å². The van der Waals surface area contributed by atoms with E-state index in [1.807, 2.05) is 6.92 Å². The summed E-state index contributed by atoms with van der Waals surface area (Å²) in [6, 6.07) is 8.58. The van der Waals surface area contributed by atoms with E-state index >= 15 is 0 Å². The molecule has 0 unspecified atom stereocenters. The zero-order valence-electron chi connectivity index (χ0n) is 11.0. The quantitative estimate of drug-likeness (QED) is 0.793. The Balaban J connectivity index is 2.03. The monoisotopic (exact) mass is 271 g/mol. The number of aryl methyl sites for hydroxylation is 1. The van der Waals surface area contributed by atoms with Crippen LogP contribution in [0.3, 0.4) is 0 Å². The molecule has 2 aromatic heterocycles. The van der Waals surface area contributed by atoms with Crippen molar-refractivity contribution in [2.75, 3.05) is 6.54 Å². The highest BCUT2D eigenvalue weighted by atomic mass is 32.1. The fourth-order valence-electron chi connectivity index (χ4n) is 2.49.